The fourth-order valence-corrected chi connectivity index (χ4v) is 4.32. The number of carbonyl (C=O) groups is 1. The van der Waals surface area contributed by atoms with Crippen LogP contribution in [0, 0.1) is 11.3 Å². The summed E-state index contributed by atoms with van der Waals surface area (Å²) in [5.41, 5.74) is 1.04. The van der Waals surface area contributed by atoms with E-state index in [-0.39, 0.29) is 17.4 Å². The van der Waals surface area contributed by atoms with Crippen molar-refractivity contribution >= 4 is 17.5 Å². The van der Waals surface area contributed by atoms with Crippen molar-refractivity contribution in [3.05, 3.63) is 34.9 Å². The van der Waals surface area contributed by atoms with Gasteiger partial charge in [0.05, 0.1) is 19.3 Å². The molecule has 2 unspecified atom stereocenters. The van der Waals surface area contributed by atoms with Crippen LogP contribution in [0.5, 0.6) is 0 Å². The van der Waals surface area contributed by atoms with E-state index in [0.29, 0.717) is 45.2 Å². The Bertz CT molecular complexity index is 615. The van der Waals surface area contributed by atoms with Crippen LogP contribution in [0.1, 0.15) is 38.7 Å². The quantitative estimate of drug-likeness (QED) is 0.777. The second-order valence-electron chi connectivity index (χ2n) is 8.05. The summed E-state index contributed by atoms with van der Waals surface area (Å²) in [4.78, 5) is 15.0. The molecule has 4 nitrogen and oxygen atoms in total. The number of amides is 1. The summed E-state index contributed by atoms with van der Waals surface area (Å²) < 4.78 is 11.4. The number of hydrogen-bond donors (Lipinski definition) is 0. The number of hydrogen-bond acceptors (Lipinski definition) is 3. The van der Waals surface area contributed by atoms with Gasteiger partial charge < -0.3 is 14.4 Å². The van der Waals surface area contributed by atoms with Crippen molar-refractivity contribution in [3.63, 3.8) is 0 Å². The molecule has 0 spiro atoms. The van der Waals surface area contributed by atoms with Crippen LogP contribution in [0.3, 0.4) is 0 Å². The SMILES string of the molecule is CC(C)C1CC(CC(=O)N2CCOCC2)(Cc2ccccc2Cl)CCO1. The van der Waals surface area contributed by atoms with E-state index in [1.807, 2.05) is 23.1 Å². The van der Waals surface area contributed by atoms with Crippen molar-refractivity contribution in [1.29, 1.82) is 0 Å². The first-order valence-electron chi connectivity index (χ1n) is 9.70. The lowest BCUT2D eigenvalue weighted by atomic mass is 9.69. The van der Waals surface area contributed by atoms with Crippen molar-refractivity contribution in [2.24, 2.45) is 11.3 Å². The van der Waals surface area contributed by atoms with Crippen molar-refractivity contribution < 1.29 is 14.3 Å². The molecule has 144 valence electrons. The van der Waals surface area contributed by atoms with E-state index in [2.05, 4.69) is 19.9 Å². The fraction of sp³-hybridized carbons (Fsp3) is 0.667. The first kappa shape index (κ1) is 19.7. The second-order valence-corrected chi connectivity index (χ2v) is 8.45. The van der Waals surface area contributed by atoms with Crippen LogP contribution < -0.4 is 0 Å². The van der Waals surface area contributed by atoms with Gasteiger partial charge in [0.1, 0.15) is 0 Å². The predicted molar refractivity (Wildman–Crippen MR) is 103 cm³/mol. The Labute approximate surface area is 161 Å². The number of benzene rings is 1. The van der Waals surface area contributed by atoms with Gasteiger partial charge in [0, 0.05) is 31.1 Å². The first-order chi connectivity index (χ1) is 12.5. The van der Waals surface area contributed by atoms with Crippen LogP contribution >= 0.6 is 11.6 Å². The Hall–Kier alpha value is -1.10. The van der Waals surface area contributed by atoms with Gasteiger partial charge in [-0.15, -0.1) is 0 Å². The highest BCUT2D eigenvalue weighted by Gasteiger charge is 2.41. The van der Waals surface area contributed by atoms with Gasteiger partial charge in [-0.3, -0.25) is 4.79 Å². The van der Waals surface area contributed by atoms with Gasteiger partial charge >= 0.3 is 0 Å². The third-order valence-electron chi connectivity index (χ3n) is 5.76. The Morgan fingerprint density at radius 3 is 2.69 bits per heavy atom. The lowest BCUT2D eigenvalue weighted by Gasteiger charge is -2.43. The van der Waals surface area contributed by atoms with Crippen molar-refractivity contribution in [2.45, 2.75) is 45.6 Å². The van der Waals surface area contributed by atoms with Crippen molar-refractivity contribution in [2.75, 3.05) is 32.9 Å². The van der Waals surface area contributed by atoms with E-state index >= 15 is 0 Å². The summed E-state index contributed by atoms with van der Waals surface area (Å²) in [6, 6.07) is 8.01. The molecule has 5 heteroatoms. The van der Waals surface area contributed by atoms with Crippen LogP contribution in [0.2, 0.25) is 5.02 Å². The summed E-state index contributed by atoms with van der Waals surface area (Å²) in [5.74, 6) is 0.684. The van der Waals surface area contributed by atoms with Gasteiger partial charge in [-0.1, -0.05) is 43.6 Å². The third kappa shape index (κ3) is 4.79. The molecule has 2 heterocycles. The van der Waals surface area contributed by atoms with E-state index in [1.54, 1.807) is 0 Å². The van der Waals surface area contributed by atoms with E-state index < -0.39 is 0 Å². The maximum atomic E-state index is 13.0. The summed E-state index contributed by atoms with van der Waals surface area (Å²) in [5, 5.41) is 0.790. The molecule has 0 saturated carbocycles. The zero-order chi connectivity index (χ0) is 18.6. The molecule has 2 saturated heterocycles. The smallest absolute Gasteiger partial charge is 0.223 e. The largest absolute Gasteiger partial charge is 0.378 e. The Kier molecular flexibility index (Phi) is 6.60. The Morgan fingerprint density at radius 1 is 1.27 bits per heavy atom. The van der Waals surface area contributed by atoms with E-state index in [0.717, 1.165) is 29.8 Å². The summed E-state index contributed by atoms with van der Waals surface area (Å²) in [6.45, 7) is 7.78. The topological polar surface area (TPSA) is 38.8 Å². The van der Waals surface area contributed by atoms with Crippen molar-refractivity contribution in [3.8, 4) is 0 Å². The van der Waals surface area contributed by atoms with Crippen LogP contribution in [-0.4, -0.2) is 49.8 Å². The Morgan fingerprint density at radius 2 is 2.00 bits per heavy atom. The maximum Gasteiger partial charge on any atom is 0.223 e. The highest BCUT2D eigenvalue weighted by atomic mass is 35.5. The summed E-state index contributed by atoms with van der Waals surface area (Å²) in [6.07, 6.45) is 3.40. The summed E-state index contributed by atoms with van der Waals surface area (Å²) in [7, 11) is 0. The van der Waals surface area contributed by atoms with Gasteiger partial charge in [-0.25, -0.2) is 0 Å². The average molecular weight is 380 g/mol. The molecule has 2 aliphatic rings. The molecule has 1 aromatic carbocycles. The third-order valence-corrected chi connectivity index (χ3v) is 6.12. The molecule has 0 aromatic heterocycles. The number of halogens is 1. The van der Waals surface area contributed by atoms with Crippen LogP contribution in [0.25, 0.3) is 0 Å². The molecule has 3 rings (SSSR count). The predicted octanol–water partition coefficient (Wildman–Crippen LogP) is 3.95. The van der Waals surface area contributed by atoms with Gasteiger partial charge in [-0.05, 0) is 42.2 Å². The molecular weight excluding hydrogens is 350 g/mol. The second kappa shape index (κ2) is 8.73. The standard InChI is InChI=1S/C21H30ClNO3/c1-16(2)19-14-21(7-10-26-19,13-17-5-3-4-6-18(17)22)15-20(24)23-8-11-25-12-9-23/h3-6,16,19H,7-15H2,1-2H3. The number of rotatable bonds is 5. The van der Waals surface area contributed by atoms with Gasteiger partial charge in [0.2, 0.25) is 5.91 Å². The van der Waals surface area contributed by atoms with Crippen LogP contribution in [0.15, 0.2) is 24.3 Å². The monoisotopic (exact) mass is 379 g/mol. The molecule has 0 aliphatic carbocycles. The molecule has 0 bridgehead atoms. The minimum Gasteiger partial charge on any atom is -0.378 e. The number of carbonyl (C=O) groups excluding carboxylic acids is 1. The zero-order valence-electron chi connectivity index (χ0n) is 15.9. The summed E-state index contributed by atoms with van der Waals surface area (Å²) >= 11 is 6.45. The lowest BCUT2D eigenvalue weighted by molar-refractivity contribution is -0.142. The highest BCUT2D eigenvalue weighted by Crippen LogP contribution is 2.43. The van der Waals surface area contributed by atoms with Gasteiger partial charge in [0.25, 0.3) is 0 Å². The van der Waals surface area contributed by atoms with E-state index in [9.17, 15) is 4.79 Å². The molecule has 0 N–H and O–H groups in total. The first-order valence-corrected chi connectivity index (χ1v) is 10.1. The molecule has 1 amide bonds. The molecule has 1 aromatic rings. The molecular formula is C21H30ClNO3. The average Bonchev–Trinajstić information content (AvgIpc) is 2.64. The van der Waals surface area contributed by atoms with Crippen molar-refractivity contribution in [1.82, 2.24) is 4.90 Å². The molecule has 2 fully saturated rings. The normalized spacial score (nSPS) is 26.9. The number of nitrogens with zero attached hydrogens (tertiary/aromatic N) is 1. The minimum atomic E-state index is -0.0897. The van der Waals surface area contributed by atoms with Gasteiger partial charge in [-0.2, -0.15) is 0 Å². The molecule has 2 aliphatic heterocycles. The zero-order valence-corrected chi connectivity index (χ0v) is 16.6. The molecule has 2 atom stereocenters. The number of morpholine rings is 1. The van der Waals surface area contributed by atoms with Gasteiger partial charge in [0.15, 0.2) is 0 Å². The van der Waals surface area contributed by atoms with E-state index in [1.165, 1.54) is 0 Å². The lowest BCUT2D eigenvalue weighted by Crippen LogP contribution is -2.46. The number of ether oxygens (including phenoxy) is 2. The van der Waals surface area contributed by atoms with E-state index in [4.69, 9.17) is 21.1 Å². The molecule has 26 heavy (non-hydrogen) atoms. The molecule has 0 radical (unpaired) electrons. The fourth-order valence-electron chi connectivity index (χ4n) is 4.12. The van der Waals surface area contributed by atoms with Crippen LogP contribution in [-0.2, 0) is 20.7 Å². The highest BCUT2D eigenvalue weighted by molar-refractivity contribution is 6.31. The minimum absolute atomic E-state index is 0.0897. The Balaban J connectivity index is 1.81. The van der Waals surface area contributed by atoms with Crippen LogP contribution in [0.4, 0.5) is 0 Å². The maximum absolute atomic E-state index is 13.0.